The van der Waals surface area contributed by atoms with Gasteiger partial charge in [0.1, 0.15) is 10.8 Å². The molecule has 0 aliphatic heterocycles. The number of aromatic nitrogens is 2. The minimum Gasteiger partial charge on any atom is -0.296 e. The lowest BCUT2D eigenvalue weighted by atomic mass is 10.2. The summed E-state index contributed by atoms with van der Waals surface area (Å²) in [4.78, 5) is 12.0. The van der Waals surface area contributed by atoms with Crippen molar-refractivity contribution in [1.29, 1.82) is 0 Å². The maximum atomic E-state index is 12.9. The van der Waals surface area contributed by atoms with E-state index in [1.165, 1.54) is 29.5 Å². The van der Waals surface area contributed by atoms with Crippen LogP contribution in [0, 0.1) is 5.82 Å². The molecule has 1 aromatic heterocycles. The normalized spacial score (nSPS) is 10.8. The predicted molar refractivity (Wildman–Crippen MR) is 76.1 cm³/mol. The van der Waals surface area contributed by atoms with Crippen molar-refractivity contribution in [3.05, 3.63) is 39.1 Å². The highest BCUT2D eigenvalue weighted by atomic mass is 79.9. The van der Waals surface area contributed by atoms with E-state index >= 15 is 0 Å². The van der Waals surface area contributed by atoms with Gasteiger partial charge in [-0.2, -0.15) is 0 Å². The number of rotatable bonds is 3. The predicted octanol–water partition coefficient (Wildman–Crippen LogP) is 3.82. The van der Waals surface area contributed by atoms with Gasteiger partial charge in [0.05, 0.1) is 5.56 Å². The minimum absolute atomic E-state index is 0.265. The Kier molecular flexibility index (Phi) is 4.26. The van der Waals surface area contributed by atoms with Crippen molar-refractivity contribution in [3.63, 3.8) is 0 Å². The maximum Gasteiger partial charge on any atom is 0.258 e. The molecule has 19 heavy (non-hydrogen) atoms. The number of hydrogen-bond acceptors (Lipinski definition) is 4. The van der Waals surface area contributed by atoms with Crippen molar-refractivity contribution in [2.75, 3.05) is 5.32 Å². The Labute approximate surface area is 122 Å². The van der Waals surface area contributed by atoms with Crippen LogP contribution in [0.25, 0.3) is 0 Å². The lowest BCUT2D eigenvalue weighted by Gasteiger charge is -2.03. The Balaban J connectivity index is 2.16. The van der Waals surface area contributed by atoms with Gasteiger partial charge in [-0.1, -0.05) is 25.2 Å². The summed E-state index contributed by atoms with van der Waals surface area (Å²) in [5.41, 5.74) is 0.350. The molecular weight excluding hydrogens is 333 g/mol. The van der Waals surface area contributed by atoms with E-state index in [9.17, 15) is 9.18 Å². The van der Waals surface area contributed by atoms with E-state index < -0.39 is 5.82 Å². The summed E-state index contributed by atoms with van der Waals surface area (Å²) in [6.07, 6.45) is 0. The highest BCUT2D eigenvalue weighted by Crippen LogP contribution is 2.24. The first-order valence-electron chi connectivity index (χ1n) is 5.57. The first-order chi connectivity index (χ1) is 8.97. The number of nitrogens with zero attached hydrogens (tertiary/aromatic N) is 2. The fourth-order valence-corrected chi connectivity index (χ4v) is 2.63. The van der Waals surface area contributed by atoms with E-state index in [4.69, 9.17) is 0 Å². The van der Waals surface area contributed by atoms with Crippen LogP contribution < -0.4 is 5.32 Å². The number of benzene rings is 1. The van der Waals surface area contributed by atoms with Crippen LogP contribution in [-0.4, -0.2) is 16.1 Å². The van der Waals surface area contributed by atoms with E-state index in [-0.39, 0.29) is 11.8 Å². The zero-order valence-electron chi connectivity index (χ0n) is 10.3. The van der Waals surface area contributed by atoms with Crippen LogP contribution in [0.4, 0.5) is 9.52 Å². The van der Waals surface area contributed by atoms with Gasteiger partial charge in [0, 0.05) is 10.4 Å². The van der Waals surface area contributed by atoms with Crippen molar-refractivity contribution in [3.8, 4) is 0 Å². The number of carbonyl (C=O) groups excluding carboxylic acids is 1. The fourth-order valence-electron chi connectivity index (χ4n) is 1.36. The van der Waals surface area contributed by atoms with Crippen LogP contribution in [0.2, 0.25) is 0 Å². The molecule has 0 fully saturated rings. The van der Waals surface area contributed by atoms with Crippen molar-refractivity contribution in [1.82, 2.24) is 10.2 Å². The molecule has 4 nitrogen and oxygen atoms in total. The Bertz CT molecular complexity index is 615. The summed E-state index contributed by atoms with van der Waals surface area (Å²) in [7, 11) is 0. The molecule has 0 aliphatic rings. The highest BCUT2D eigenvalue weighted by Gasteiger charge is 2.14. The number of carbonyl (C=O) groups is 1. The molecule has 1 amide bonds. The molecule has 0 spiro atoms. The second-order valence-corrected chi connectivity index (χ2v) is 6.04. The van der Waals surface area contributed by atoms with Crippen molar-refractivity contribution in [2.45, 2.75) is 19.8 Å². The van der Waals surface area contributed by atoms with E-state index in [2.05, 4.69) is 31.4 Å². The summed E-state index contributed by atoms with van der Waals surface area (Å²) in [6, 6.07) is 3.90. The summed E-state index contributed by atoms with van der Waals surface area (Å²) in [5.74, 6) is -0.486. The molecule has 100 valence electrons. The Morgan fingerprint density at radius 2 is 2.16 bits per heavy atom. The highest BCUT2D eigenvalue weighted by molar-refractivity contribution is 9.10. The molecule has 2 aromatic rings. The fraction of sp³-hybridized carbons (Fsp3) is 0.250. The smallest absolute Gasteiger partial charge is 0.258 e. The first-order valence-corrected chi connectivity index (χ1v) is 7.18. The summed E-state index contributed by atoms with van der Waals surface area (Å²) < 4.78 is 13.3. The summed E-state index contributed by atoms with van der Waals surface area (Å²) >= 11 is 4.49. The van der Waals surface area contributed by atoms with Gasteiger partial charge in [-0.25, -0.2) is 4.39 Å². The zero-order chi connectivity index (χ0) is 14.0. The van der Waals surface area contributed by atoms with Gasteiger partial charge >= 0.3 is 0 Å². The van der Waals surface area contributed by atoms with Gasteiger partial charge < -0.3 is 0 Å². The number of nitrogens with one attached hydrogen (secondary N) is 1. The van der Waals surface area contributed by atoms with Gasteiger partial charge in [-0.3, -0.25) is 10.1 Å². The van der Waals surface area contributed by atoms with Gasteiger partial charge in [-0.15, -0.1) is 10.2 Å². The molecule has 0 bridgehead atoms. The van der Waals surface area contributed by atoms with Crippen LogP contribution in [-0.2, 0) is 0 Å². The quantitative estimate of drug-likeness (QED) is 0.921. The number of amides is 1. The molecule has 2 rings (SSSR count). The number of anilines is 1. The van der Waals surface area contributed by atoms with Gasteiger partial charge in [0.2, 0.25) is 5.13 Å². The van der Waals surface area contributed by atoms with Gasteiger partial charge in [0.25, 0.3) is 5.91 Å². The number of halogens is 2. The largest absolute Gasteiger partial charge is 0.296 e. The van der Waals surface area contributed by atoms with Crippen LogP contribution in [0.3, 0.4) is 0 Å². The minimum atomic E-state index is -0.401. The van der Waals surface area contributed by atoms with Gasteiger partial charge in [0.15, 0.2) is 0 Å². The second-order valence-electron chi connectivity index (χ2n) is 4.18. The maximum absolute atomic E-state index is 12.9. The SMILES string of the molecule is CC(C)c1nnc(NC(=O)c2ccc(F)cc2Br)s1. The molecule has 1 heterocycles. The molecule has 0 radical (unpaired) electrons. The zero-order valence-corrected chi connectivity index (χ0v) is 12.7. The monoisotopic (exact) mass is 343 g/mol. The molecule has 0 saturated carbocycles. The van der Waals surface area contributed by atoms with Crippen LogP contribution >= 0.6 is 27.3 Å². The number of hydrogen-bond donors (Lipinski definition) is 1. The standard InChI is InChI=1S/C12H11BrFN3OS/c1-6(2)11-16-17-12(19-11)15-10(18)8-4-3-7(14)5-9(8)13/h3-6H,1-2H3,(H,15,17,18). The Morgan fingerprint density at radius 3 is 2.74 bits per heavy atom. The molecule has 0 aliphatic carbocycles. The van der Waals surface area contributed by atoms with Crippen molar-refractivity contribution < 1.29 is 9.18 Å². The Morgan fingerprint density at radius 1 is 1.42 bits per heavy atom. The van der Waals surface area contributed by atoms with E-state index in [1.54, 1.807) is 0 Å². The average Bonchev–Trinajstić information content (AvgIpc) is 2.77. The molecule has 1 N–H and O–H groups in total. The topological polar surface area (TPSA) is 54.9 Å². The third kappa shape index (κ3) is 3.36. The molecule has 1 aromatic carbocycles. The lowest BCUT2D eigenvalue weighted by Crippen LogP contribution is -2.12. The van der Waals surface area contributed by atoms with Crippen LogP contribution in [0.15, 0.2) is 22.7 Å². The molecule has 0 unspecified atom stereocenters. The van der Waals surface area contributed by atoms with Crippen LogP contribution in [0.5, 0.6) is 0 Å². The van der Waals surface area contributed by atoms with Crippen molar-refractivity contribution >= 4 is 38.3 Å². The van der Waals surface area contributed by atoms with Gasteiger partial charge in [-0.05, 0) is 34.1 Å². The Hall–Kier alpha value is -1.34. The average molecular weight is 344 g/mol. The van der Waals surface area contributed by atoms with Crippen molar-refractivity contribution in [2.24, 2.45) is 0 Å². The third-order valence-corrected chi connectivity index (χ3v) is 4.13. The third-order valence-electron chi connectivity index (χ3n) is 2.33. The van der Waals surface area contributed by atoms with E-state index in [0.717, 1.165) is 5.01 Å². The lowest BCUT2D eigenvalue weighted by molar-refractivity contribution is 0.102. The summed E-state index contributed by atoms with van der Waals surface area (Å²) in [6.45, 7) is 4.01. The summed E-state index contributed by atoms with van der Waals surface area (Å²) in [5, 5.41) is 11.8. The first kappa shape index (κ1) is 14.1. The second kappa shape index (κ2) is 5.75. The van der Waals surface area contributed by atoms with E-state index in [1.807, 2.05) is 13.8 Å². The molecule has 7 heteroatoms. The van der Waals surface area contributed by atoms with E-state index in [0.29, 0.717) is 15.2 Å². The molecule has 0 atom stereocenters. The molecular formula is C12H11BrFN3OS. The molecule has 0 saturated heterocycles. The van der Waals surface area contributed by atoms with Crippen LogP contribution in [0.1, 0.15) is 35.1 Å².